The summed E-state index contributed by atoms with van der Waals surface area (Å²) in [5.41, 5.74) is 1.86. The number of nitrogens with one attached hydrogen (secondary N) is 1. The van der Waals surface area contributed by atoms with Crippen molar-refractivity contribution in [3.63, 3.8) is 0 Å². The van der Waals surface area contributed by atoms with Gasteiger partial charge in [-0.1, -0.05) is 42.8 Å². The molecule has 0 amide bonds. The molecule has 1 aromatic carbocycles. The van der Waals surface area contributed by atoms with Crippen LogP contribution in [-0.4, -0.2) is 36.1 Å². The van der Waals surface area contributed by atoms with Crippen molar-refractivity contribution in [1.29, 1.82) is 0 Å². The molecule has 2 heterocycles. The largest absolute Gasteiger partial charge is 0.417 e. The lowest BCUT2D eigenvalue weighted by molar-refractivity contribution is -0.137. The van der Waals surface area contributed by atoms with Gasteiger partial charge in [0.05, 0.1) is 22.5 Å². The quantitative estimate of drug-likeness (QED) is 0.267. The first-order chi connectivity index (χ1) is 16.3. The van der Waals surface area contributed by atoms with E-state index in [2.05, 4.69) is 14.7 Å². The van der Waals surface area contributed by atoms with Gasteiger partial charge in [0.15, 0.2) is 5.65 Å². The molecule has 0 radical (unpaired) electrons. The van der Waals surface area contributed by atoms with Gasteiger partial charge in [0.2, 0.25) is 10.0 Å². The van der Waals surface area contributed by atoms with Crippen LogP contribution < -0.4 is 4.72 Å². The molecule has 3 aromatic rings. The second-order valence-corrected chi connectivity index (χ2v) is 11.0. The summed E-state index contributed by atoms with van der Waals surface area (Å²) >= 11 is 7.45. The summed E-state index contributed by atoms with van der Waals surface area (Å²) in [7, 11) is -1.78. The molecule has 0 unspecified atom stereocenters. The monoisotopic (exact) mass is 544 g/mol. The number of benzene rings is 1. The van der Waals surface area contributed by atoms with E-state index in [4.69, 9.17) is 11.6 Å². The Bertz CT molecular complexity index is 1410. The number of nitrogens with zero attached hydrogens (tertiary/aromatic N) is 3. The fourth-order valence-electron chi connectivity index (χ4n) is 3.31. The maximum absolute atomic E-state index is 13.2. The van der Waals surface area contributed by atoms with Crippen LogP contribution in [0.4, 0.5) is 18.9 Å². The molecule has 12 heteroatoms. The van der Waals surface area contributed by atoms with Crippen molar-refractivity contribution >= 4 is 54.7 Å². The van der Waals surface area contributed by atoms with Crippen LogP contribution >= 0.6 is 23.4 Å². The van der Waals surface area contributed by atoms with Gasteiger partial charge in [-0.05, 0) is 43.2 Å². The molecule has 0 aliphatic rings. The number of anilines is 1. The van der Waals surface area contributed by atoms with E-state index in [1.165, 1.54) is 22.4 Å². The number of halogens is 4. The third kappa shape index (κ3) is 6.80. The molecule has 0 spiro atoms. The van der Waals surface area contributed by atoms with Crippen LogP contribution in [0.2, 0.25) is 5.02 Å². The molecular weight excluding hydrogens is 521 g/mol. The minimum atomic E-state index is -4.53. The Hall–Kier alpha value is -2.50. The number of hydrogen-bond acceptors (Lipinski definition) is 5. The Labute approximate surface area is 211 Å². The highest BCUT2D eigenvalue weighted by Crippen LogP contribution is 2.36. The van der Waals surface area contributed by atoms with E-state index in [-0.39, 0.29) is 10.7 Å². The molecule has 0 aliphatic heterocycles. The number of alkyl halides is 3. The van der Waals surface area contributed by atoms with Crippen LogP contribution in [0.5, 0.6) is 0 Å². The van der Waals surface area contributed by atoms with Crippen LogP contribution in [0, 0.1) is 6.92 Å². The second-order valence-electron chi connectivity index (χ2n) is 7.82. The molecule has 0 bridgehead atoms. The van der Waals surface area contributed by atoms with E-state index >= 15 is 0 Å². The number of unbranched alkanes of at least 4 members (excludes halogenated alkanes) is 1. The molecule has 3 rings (SSSR count). The molecule has 0 saturated carbocycles. The van der Waals surface area contributed by atoms with E-state index in [9.17, 15) is 21.6 Å². The van der Waals surface area contributed by atoms with Crippen LogP contribution in [0.3, 0.4) is 0 Å². The number of rotatable bonds is 7. The molecule has 0 fully saturated rings. The maximum Gasteiger partial charge on any atom is 0.417 e. The first-order valence-electron chi connectivity index (χ1n) is 10.5. The number of aryl methyl sites for hydroxylation is 1. The molecular formula is C23H24ClF3N4O2S2. The lowest BCUT2D eigenvalue weighted by Gasteiger charge is -2.12. The highest BCUT2D eigenvalue weighted by molar-refractivity contribution is 8.22. The standard InChI is InChI=1S/C23H24ClF3N4O2S2/c1-5-6-7-20(19-13-31-12-15(23(25,26)27)11-18(24)21(31)29-19)34-22(28-3)17-9-8-16(10-14(17)2)30-35(4,32)33/h7-13,30H,5-6H2,1-4H3. The number of fused-ring (bicyclic) bond motifs is 1. The van der Waals surface area contributed by atoms with E-state index in [1.807, 2.05) is 19.9 Å². The van der Waals surface area contributed by atoms with Crippen molar-refractivity contribution < 1.29 is 21.6 Å². The summed E-state index contributed by atoms with van der Waals surface area (Å²) in [6.07, 6.45) is 2.58. The number of hydrogen-bond donors (Lipinski definition) is 1. The number of sulfonamides is 1. The van der Waals surface area contributed by atoms with Gasteiger partial charge in [-0.2, -0.15) is 13.2 Å². The topological polar surface area (TPSA) is 75.8 Å². The first-order valence-corrected chi connectivity index (χ1v) is 13.6. The van der Waals surface area contributed by atoms with Gasteiger partial charge in [-0.3, -0.25) is 9.71 Å². The van der Waals surface area contributed by atoms with Gasteiger partial charge in [0.1, 0.15) is 5.04 Å². The molecule has 2 aromatic heterocycles. The van der Waals surface area contributed by atoms with Crippen LogP contribution in [0.1, 0.15) is 42.1 Å². The highest BCUT2D eigenvalue weighted by Gasteiger charge is 2.32. The van der Waals surface area contributed by atoms with Gasteiger partial charge in [-0.25, -0.2) is 13.4 Å². The lowest BCUT2D eigenvalue weighted by atomic mass is 10.1. The van der Waals surface area contributed by atoms with Crippen molar-refractivity contribution in [2.24, 2.45) is 4.99 Å². The number of aliphatic imine (C=N–C) groups is 1. The number of pyridine rings is 1. The summed E-state index contributed by atoms with van der Waals surface area (Å²) in [6, 6.07) is 5.99. The Morgan fingerprint density at radius 1 is 1.29 bits per heavy atom. The van der Waals surface area contributed by atoms with Crippen LogP contribution in [0.25, 0.3) is 10.6 Å². The van der Waals surface area contributed by atoms with Crippen LogP contribution in [0.15, 0.2) is 47.7 Å². The Balaban J connectivity index is 2.00. The van der Waals surface area contributed by atoms with Crippen molar-refractivity contribution in [3.05, 3.63) is 70.1 Å². The normalized spacial score (nSPS) is 13.5. The van der Waals surface area contributed by atoms with Gasteiger partial charge in [0, 0.05) is 35.6 Å². The third-order valence-corrected chi connectivity index (χ3v) is 6.95. The second kappa shape index (κ2) is 10.6. The van der Waals surface area contributed by atoms with Crippen molar-refractivity contribution in [2.45, 2.75) is 32.9 Å². The van der Waals surface area contributed by atoms with Crippen molar-refractivity contribution in [3.8, 4) is 0 Å². The highest BCUT2D eigenvalue weighted by atomic mass is 35.5. The summed E-state index contributed by atoms with van der Waals surface area (Å²) in [4.78, 5) is 9.62. The maximum atomic E-state index is 13.2. The molecule has 0 aliphatic carbocycles. The first kappa shape index (κ1) is 27.1. The van der Waals surface area contributed by atoms with Crippen molar-refractivity contribution in [2.75, 3.05) is 18.0 Å². The fraction of sp³-hybridized carbons (Fsp3) is 0.304. The minimum Gasteiger partial charge on any atom is -0.305 e. The minimum absolute atomic E-state index is 0.0971. The summed E-state index contributed by atoms with van der Waals surface area (Å²) in [5, 5.41) is 0.551. The smallest absolute Gasteiger partial charge is 0.305 e. The summed E-state index contributed by atoms with van der Waals surface area (Å²) in [6.45, 7) is 3.86. The zero-order valence-electron chi connectivity index (χ0n) is 19.4. The SMILES string of the molecule is CCCC=C(SC(=NC)c1ccc(NS(C)(=O)=O)cc1C)c1cn2cc(C(F)(F)F)cc(Cl)c2n1. The van der Waals surface area contributed by atoms with Gasteiger partial charge >= 0.3 is 6.18 Å². The Morgan fingerprint density at radius 2 is 2.00 bits per heavy atom. The van der Waals surface area contributed by atoms with Crippen LogP contribution in [-0.2, 0) is 16.2 Å². The number of imidazole rings is 1. The summed E-state index contributed by atoms with van der Waals surface area (Å²) < 4.78 is 66.5. The van der Waals surface area contributed by atoms with Gasteiger partial charge in [-0.15, -0.1) is 0 Å². The van der Waals surface area contributed by atoms with Gasteiger partial charge in [0.25, 0.3) is 0 Å². The molecule has 188 valence electrons. The van der Waals surface area contributed by atoms with E-state index in [0.29, 0.717) is 16.4 Å². The fourth-order valence-corrected chi connectivity index (χ4v) is 5.17. The zero-order valence-corrected chi connectivity index (χ0v) is 21.8. The van der Waals surface area contributed by atoms with Crippen molar-refractivity contribution in [1.82, 2.24) is 9.38 Å². The van der Waals surface area contributed by atoms with E-state index < -0.39 is 21.8 Å². The average Bonchev–Trinajstić information content (AvgIpc) is 3.18. The molecule has 0 atom stereocenters. The number of allylic oxidation sites excluding steroid dienone is 1. The average molecular weight is 545 g/mol. The predicted molar refractivity (Wildman–Crippen MR) is 138 cm³/mol. The Morgan fingerprint density at radius 3 is 2.57 bits per heavy atom. The molecule has 0 saturated heterocycles. The predicted octanol–water partition coefficient (Wildman–Crippen LogP) is 6.64. The number of aromatic nitrogens is 2. The Kier molecular flexibility index (Phi) is 8.23. The van der Waals surface area contributed by atoms with E-state index in [0.717, 1.165) is 47.4 Å². The van der Waals surface area contributed by atoms with E-state index in [1.54, 1.807) is 25.2 Å². The summed E-state index contributed by atoms with van der Waals surface area (Å²) in [5.74, 6) is 0. The molecule has 35 heavy (non-hydrogen) atoms. The lowest BCUT2D eigenvalue weighted by Crippen LogP contribution is -2.10. The zero-order chi connectivity index (χ0) is 26.0. The molecule has 6 nitrogen and oxygen atoms in total. The third-order valence-electron chi connectivity index (χ3n) is 4.87. The molecule has 1 N–H and O–H groups in total. The van der Waals surface area contributed by atoms with Gasteiger partial charge < -0.3 is 4.40 Å². The number of thioether (sulfide) groups is 1.